The molecule has 0 saturated carbocycles. The second-order valence-corrected chi connectivity index (χ2v) is 6.88. The van der Waals surface area contributed by atoms with E-state index in [-0.39, 0.29) is 5.54 Å². The van der Waals surface area contributed by atoms with E-state index in [2.05, 4.69) is 31.1 Å². The van der Waals surface area contributed by atoms with E-state index in [4.69, 9.17) is 4.98 Å². The summed E-state index contributed by atoms with van der Waals surface area (Å²) in [6.07, 6.45) is 5.26. The SMILES string of the molecule is CNC1(c2nc(C)c(C)s2)CCN2CCCCC21. The van der Waals surface area contributed by atoms with Crippen LogP contribution in [0.3, 0.4) is 0 Å². The van der Waals surface area contributed by atoms with Gasteiger partial charge in [-0.1, -0.05) is 6.42 Å². The summed E-state index contributed by atoms with van der Waals surface area (Å²) in [6, 6.07) is 0.654. The normalized spacial score (nSPS) is 32.7. The van der Waals surface area contributed by atoms with Crippen LogP contribution in [0.25, 0.3) is 0 Å². The van der Waals surface area contributed by atoms with Crippen LogP contribution in [-0.2, 0) is 5.54 Å². The summed E-state index contributed by atoms with van der Waals surface area (Å²) in [5.74, 6) is 0. The van der Waals surface area contributed by atoms with Gasteiger partial charge in [-0.3, -0.25) is 4.90 Å². The summed E-state index contributed by atoms with van der Waals surface area (Å²) in [4.78, 5) is 8.90. The Kier molecular flexibility index (Phi) is 3.20. The smallest absolute Gasteiger partial charge is 0.115 e. The maximum absolute atomic E-state index is 4.86. The predicted molar refractivity (Wildman–Crippen MR) is 76.2 cm³/mol. The van der Waals surface area contributed by atoms with Crippen molar-refractivity contribution in [1.82, 2.24) is 15.2 Å². The first-order valence-electron chi connectivity index (χ1n) is 7.05. The number of fused-ring (bicyclic) bond motifs is 1. The molecule has 1 aromatic rings. The fraction of sp³-hybridized carbons (Fsp3) is 0.786. The second-order valence-electron chi connectivity index (χ2n) is 5.68. The molecule has 2 unspecified atom stereocenters. The van der Waals surface area contributed by atoms with Crippen molar-refractivity contribution >= 4 is 11.3 Å². The third-order valence-corrected chi connectivity index (χ3v) is 6.08. The Morgan fingerprint density at radius 2 is 2.17 bits per heavy atom. The quantitative estimate of drug-likeness (QED) is 0.890. The molecule has 2 saturated heterocycles. The molecular weight excluding hydrogens is 242 g/mol. The van der Waals surface area contributed by atoms with E-state index in [0.717, 1.165) is 0 Å². The summed E-state index contributed by atoms with van der Waals surface area (Å²) in [6.45, 7) is 6.82. The van der Waals surface area contributed by atoms with Crippen molar-refractivity contribution in [3.8, 4) is 0 Å². The lowest BCUT2D eigenvalue weighted by Gasteiger charge is -2.39. The minimum atomic E-state index is 0.115. The van der Waals surface area contributed by atoms with Gasteiger partial charge in [0.25, 0.3) is 0 Å². The first kappa shape index (κ1) is 12.6. The fourth-order valence-corrected chi connectivity index (χ4v) is 4.80. The highest BCUT2D eigenvalue weighted by atomic mass is 32.1. The molecule has 1 aromatic heterocycles. The Morgan fingerprint density at radius 3 is 2.83 bits per heavy atom. The zero-order chi connectivity index (χ0) is 12.8. The summed E-state index contributed by atoms with van der Waals surface area (Å²) in [5, 5.41) is 4.95. The average molecular weight is 265 g/mol. The van der Waals surface area contributed by atoms with Crippen LogP contribution in [0.1, 0.15) is 41.3 Å². The molecule has 0 spiro atoms. The minimum absolute atomic E-state index is 0.115. The molecular formula is C14H23N3S. The molecule has 3 nitrogen and oxygen atoms in total. The van der Waals surface area contributed by atoms with Crippen molar-refractivity contribution < 1.29 is 0 Å². The van der Waals surface area contributed by atoms with Crippen LogP contribution in [-0.4, -0.2) is 36.1 Å². The highest BCUT2D eigenvalue weighted by Gasteiger charge is 2.49. The minimum Gasteiger partial charge on any atom is -0.307 e. The van der Waals surface area contributed by atoms with E-state index in [0.29, 0.717) is 6.04 Å². The van der Waals surface area contributed by atoms with Crippen molar-refractivity contribution in [1.29, 1.82) is 0 Å². The lowest BCUT2D eigenvalue weighted by molar-refractivity contribution is 0.141. The van der Waals surface area contributed by atoms with E-state index < -0.39 is 0 Å². The molecule has 3 rings (SSSR count). The van der Waals surface area contributed by atoms with Crippen LogP contribution in [0, 0.1) is 13.8 Å². The highest BCUT2D eigenvalue weighted by molar-refractivity contribution is 7.11. The first-order chi connectivity index (χ1) is 8.67. The maximum atomic E-state index is 4.86. The lowest BCUT2D eigenvalue weighted by Crippen LogP contribution is -2.52. The lowest BCUT2D eigenvalue weighted by atomic mass is 9.86. The number of nitrogens with one attached hydrogen (secondary N) is 1. The zero-order valence-corrected chi connectivity index (χ0v) is 12.4. The Bertz CT molecular complexity index is 423. The van der Waals surface area contributed by atoms with Gasteiger partial charge in [0.05, 0.1) is 11.2 Å². The number of nitrogens with zero attached hydrogens (tertiary/aromatic N) is 2. The van der Waals surface area contributed by atoms with E-state index in [1.54, 1.807) is 0 Å². The molecule has 0 aliphatic carbocycles. The monoisotopic (exact) mass is 265 g/mol. The number of thiazole rings is 1. The molecule has 100 valence electrons. The summed E-state index contributed by atoms with van der Waals surface area (Å²) >= 11 is 1.89. The Hall–Kier alpha value is -0.450. The van der Waals surface area contributed by atoms with Crippen LogP contribution in [0.5, 0.6) is 0 Å². The molecule has 0 amide bonds. The Balaban J connectivity index is 1.99. The van der Waals surface area contributed by atoms with Gasteiger partial charge in [-0.2, -0.15) is 0 Å². The molecule has 3 heterocycles. The van der Waals surface area contributed by atoms with Gasteiger partial charge in [0.2, 0.25) is 0 Å². The highest BCUT2D eigenvalue weighted by Crippen LogP contribution is 2.43. The van der Waals surface area contributed by atoms with Gasteiger partial charge in [0.15, 0.2) is 0 Å². The predicted octanol–water partition coefficient (Wildman–Crippen LogP) is 2.43. The van der Waals surface area contributed by atoms with E-state index in [9.17, 15) is 0 Å². The first-order valence-corrected chi connectivity index (χ1v) is 7.86. The topological polar surface area (TPSA) is 28.2 Å². The third-order valence-electron chi connectivity index (χ3n) is 4.83. The van der Waals surface area contributed by atoms with Crippen molar-refractivity contribution in [2.24, 2.45) is 0 Å². The molecule has 4 heteroatoms. The van der Waals surface area contributed by atoms with E-state index in [1.807, 2.05) is 11.3 Å². The summed E-state index contributed by atoms with van der Waals surface area (Å²) in [5.41, 5.74) is 1.32. The molecule has 0 bridgehead atoms. The number of rotatable bonds is 2. The summed E-state index contributed by atoms with van der Waals surface area (Å²) < 4.78 is 0. The third kappa shape index (κ3) is 1.74. The number of aromatic nitrogens is 1. The Labute approximate surface area is 114 Å². The molecule has 2 atom stereocenters. The largest absolute Gasteiger partial charge is 0.307 e. The number of piperidine rings is 1. The van der Waals surface area contributed by atoms with Gasteiger partial charge < -0.3 is 5.32 Å². The molecule has 0 aromatic carbocycles. The maximum Gasteiger partial charge on any atom is 0.115 e. The Morgan fingerprint density at radius 1 is 1.33 bits per heavy atom. The van der Waals surface area contributed by atoms with E-state index >= 15 is 0 Å². The standard InChI is InChI=1S/C14H23N3S/c1-10-11(2)18-13(16-10)14(15-3)7-9-17-8-5-4-6-12(14)17/h12,15H,4-9H2,1-3H3. The van der Waals surface area contributed by atoms with Crippen LogP contribution < -0.4 is 5.32 Å². The van der Waals surface area contributed by atoms with Gasteiger partial charge in [0.1, 0.15) is 5.01 Å². The van der Waals surface area contributed by atoms with Crippen LogP contribution in [0.2, 0.25) is 0 Å². The second kappa shape index (κ2) is 4.58. The summed E-state index contributed by atoms with van der Waals surface area (Å²) in [7, 11) is 2.12. The van der Waals surface area contributed by atoms with Gasteiger partial charge in [-0.05, 0) is 46.7 Å². The molecule has 1 N–H and O–H groups in total. The van der Waals surface area contributed by atoms with Crippen molar-refractivity contribution in [3.05, 3.63) is 15.6 Å². The van der Waals surface area contributed by atoms with Crippen LogP contribution in [0.15, 0.2) is 0 Å². The van der Waals surface area contributed by atoms with Crippen molar-refractivity contribution in [3.63, 3.8) is 0 Å². The molecule has 2 aliphatic heterocycles. The van der Waals surface area contributed by atoms with Gasteiger partial charge in [-0.25, -0.2) is 4.98 Å². The molecule has 2 fully saturated rings. The van der Waals surface area contributed by atoms with Gasteiger partial charge in [-0.15, -0.1) is 11.3 Å². The molecule has 18 heavy (non-hydrogen) atoms. The van der Waals surface area contributed by atoms with Gasteiger partial charge in [0, 0.05) is 17.5 Å². The van der Waals surface area contributed by atoms with Crippen molar-refractivity contribution in [2.75, 3.05) is 20.1 Å². The van der Waals surface area contributed by atoms with Crippen LogP contribution >= 0.6 is 11.3 Å². The number of likely N-dealkylation sites (N-methyl/N-ethyl adjacent to an activating group) is 1. The van der Waals surface area contributed by atoms with Gasteiger partial charge >= 0.3 is 0 Å². The number of hydrogen-bond donors (Lipinski definition) is 1. The molecule has 0 radical (unpaired) electrons. The average Bonchev–Trinajstić information content (AvgIpc) is 2.92. The van der Waals surface area contributed by atoms with E-state index in [1.165, 1.54) is 54.4 Å². The number of aryl methyl sites for hydroxylation is 2. The zero-order valence-electron chi connectivity index (χ0n) is 11.6. The van der Waals surface area contributed by atoms with Crippen molar-refractivity contribution in [2.45, 2.75) is 51.1 Å². The molecule has 2 aliphatic rings. The van der Waals surface area contributed by atoms with Crippen LogP contribution in [0.4, 0.5) is 0 Å². The fourth-order valence-electron chi connectivity index (χ4n) is 3.61. The number of hydrogen-bond acceptors (Lipinski definition) is 4.